The molecule has 1 aromatic rings. The van der Waals surface area contributed by atoms with Crippen molar-refractivity contribution in [3.05, 3.63) is 40.9 Å². The first kappa shape index (κ1) is 12.1. The van der Waals surface area contributed by atoms with Crippen LogP contribution in [-0.2, 0) is 19.9 Å². The van der Waals surface area contributed by atoms with Crippen molar-refractivity contribution in [3.63, 3.8) is 0 Å². The van der Waals surface area contributed by atoms with Gasteiger partial charge < -0.3 is 14.5 Å². The summed E-state index contributed by atoms with van der Waals surface area (Å²) in [7, 11) is 0. The van der Waals surface area contributed by atoms with Gasteiger partial charge in [-0.3, -0.25) is 4.79 Å². The van der Waals surface area contributed by atoms with Crippen LogP contribution in [0.25, 0.3) is 6.08 Å². The molecule has 0 aromatic carbocycles. The molecule has 4 nitrogen and oxygen atoms in total. The molecule has 0 radical (unpaired) electrons. The van der Waals surface area contributed by atoms with Crippen molar-refractivity contribution >= 4 is 12.0 Å². The van der Waals surface area contributed by atoms with Crippen LogP contribution in [0.15, 0.2) is 29.7 Å². The zero-order chi connectivity index (χ0) is 13.5. The third kappa shape index (κ3) is 1.70. The smallest absolute Gasteiger partial charge is 0.303 e. The summed E-state index contributed by atoms with van der Waals surface area (Å²) < 4.78 is 11.2. The average molecular weight is 259 g/mol. The Morgan fingerprint density at radius 2 is 2.42 bits per heavy atom. The lowest BCUT2D eigenvalue weighted by Gasteiger charge is -2.39. The maximum atomic E-state index is 11.6. The highest BCUT2D eigenvalue weighted by molar-refractivity contribution is 5.73. The molecular formula is C15H17NO3. The van der Waals surface area contributed by atoms with E-state index in [2.05, 4.69) is 11.1 Å². The number of H-pyrrole nitrogens is 1. The first-order chi connectivity index (χ1) is 9.17. The maximum Gasteiger partial charge on any atom is 0.303 e. The molecule has 100 valence electrons. The third-order valence-corrected chi connectivity index (χ3v) is 3.82. The number of rotatable bonds is 2. The molecule has 19 heavy (non-hydrogen) atoms. The Balaban J connectivity index is 2.22. The lowest BCUT2D eigenvalue weighted by atomic mass is 9.75. The number of carbonyl (C=O) groups excluding carboxylic acids is 1. The van der Waals surface area contributed by atoms with E-state index >= 15 is 0 Å². The third-order valence-electron chi connectivity index (χ3n) is 3.82. The van der Waals surface area contributed by atoms with Crippen molar-refractivity contribution < 1.29 is 14.3 Å². The first-order valence-electron chi connectivity index (χ1n) is 6.58. The van der Waals surface area contributed by atoms with Crippen LogP contribution < -0.4 is 0 Å². The second-order valence-corrected chi connectivity index (χ2v) is 4.90. The van der Waals surface area contributed by atoms with E-state index in [4.69, 9.17) is 9.47 Å². The minimum absolute atomic E-state index is 0.276. The standard InChI is InChI=1S/C15H17NO3/c1-3-15(19-10(2)17)12-4-6-16-14(12)8-11-5-7-18-9-13(11)15/h4,6,8-9,16H,3,5,7H2,1-2H3/t15-/m0/s1. The van der Waals surface area contributed by atoms with E-state index in [9.17, 15) is 4.79 Å². The Labute approximate surface area is 112 Å². The summed E-state index contributed by atoms with van der Waals surface area (Å²) in [5.41, 5.74) is 3.47. The number of hydrogen-bond donors (Lipinski definition) is 1. The molecule has 1 N–H and O–H groups in total. The molecular weight excluding hydrogens is 242 g/mol. The van der Waals surface area contributed by atoms with Crippen LogP contribution in [0.2, 0.25) is 0 Å². The summed E-state index contributed by atoms with van der Waals surface area (Å²) in [5, 5.41) is 0. The van der Waals surface area contributed by atoms with E-state index in [1.165, 1.54) is 12.5 Å². The predicted molar refractivity (Wildman–Crippen MR) is 71.2 cm³/mol. The summed E-state index contributed by atoms with van der Waals surface area (Å²) in [6.07, 6.45) is 7.28. The van der Waals surface area contributed by atoms with Crippen LogP contribution in [0, 0.1) is 0 Å². The van der Waals surface area contributed by atoms with E-state index in [0.29, 0.717) is 13.0 Å². The van der Waals surface area contributed by atoms with Gasteiger partial charge in [-0.25, -0.2) is 0 Å². The number of hydrogen-bond acceptors (Lipinski definition) is 3. The van der Waals surface area contributed by atoms with Gasteiger partial charge in [0.25, 0.3) is 0 Å². The van der Waals surface area contributed by atoms with Gasteiger partial charge in [0, 0.05) is 36.4 Å². The van der Waals surface area contributed by atoms with E-state index in [-0.39, 0.29) is 5.97 Å². The second kappa shape index (κ2) is 4.30. The number of fused-ring (bicyclic) bond motifs is 2. The van der Waals surface area contributed by atoms with Crippen molar-refractivity contribution in [2.75, 3.05) is 6.61 Å². The van der Waals surface area contributed by atoms with Crippen molar-refractivity contribution in [1.82, 2.24) is 4.98 Å². The fourth-order valence-electron chi connectivity index (χ4n) is 3.01. The summed E-state index contributed by atoms with van der Waals surface area (Å²) in [6.45, 7) is 4.15. The van der Waals surface area contributed by atoms with E-state index in [1.807, 2.05) is 19.2 Å². The van der Waals surface area contributed by atoms with E-state index in [1.54, 1.807) is 6.26 Å². The zero-order valence-electron chi connectivity index (χ0n) is 11.2. The number of ether oxygens (including phenoxy) is 2. The summed E-state index contributed by atoms with van der Waals surface area (Å²) in [4.78, 5) is 14.8. The minimum Gasteiger partial charge on any atom is -0.500 e. The molecule has 4 heteroatoms. The number of carbonyl (C=O) groups is 1. The highest BCUT2D eigenvalue weighted by atomic mass is 16.6. The van der Waals surface area contributed by atoms with Crippen LogP contribution in [0.5, 0.6) is 0 Å². The first-order valence-corrected chi connectivity index (χ1v) is 6.58. The number of aromatic nitrogens is 1. The SMILES string of the molecule is CC[C@@]1(OC(C)=O)C2=COCCC2=Cc2[nH]ccc21. The molecule has 2 aliphatic rings. The van der Waals surface area contributed by atoms with Gasteiger partial charge in [0.05, 0.1) is 12.9 Å². The molecule has 1 aliphatic heterocycles. The van der Waals surface area contributed by atoms with Crippen LogP contribution in [0.1, 0.15) is 37.9 Å². The van der Waals surface area contributed by atoms with Gasteiger partial charge in [0.2, 0.25) is 0 Å². The Hall–Kier alpha value is -1.97. The molecule has 0 fully saturated rings. The van der Waals surface area contributed by atoms with Gasteiger partial charge in [0.15, 0.2) is 5.60 Å². The Kier molecular flexibility index (Phi) is 2.73. The molecule has 0 spiro atoms. The Morgan fingerprint density at radius 1 is 1.58 bits per heavy atom. The lowest BCUT2D eigenvalue weighted by Crippen LogP contribution is -2.37. The van der Waals surface area contributed by atoms with Gasteiger partial charge in [-0.05, 0) is 24.1 Å². The predicted octanol–water partition coefficient (Wildman–Crippen LogP) is 2.88. The molecule has 1 atom stereocenters. The van der Waals surface area contributed by atoms with Crippen molar-refractivity contribution in [1.29, 1.82) is 0 Å². The van der Waals surface area contributed by atoms with Crippen LogP contribution in [0.3, 0.4) is 0 Å². The van der Waals surface area contributed by atoms with Crippen molar-refractivity contribution in [2.45, 2.75) is 32.3 Å². The normalized spacial score (nSPS) is 24.5. The number of aromatic amines is 1. The molecule has 1 aliphatic carbocycles. The van der Waals surface area contributed by atoms with Gasteiger partial charge >= 0.3 is 5.97 Å². The highest BCUT2D eigenvalue weighted by Crippen LogP contribution is 2.48. The van der Waals surface area contributed by atoms with Crippen LogP contribution in [-0.4, -0.2) is 17.6 Å². The fraction of sp³-hybridized carbons (Fsp3) is 0.400. The highest BCUT2D eigenvalue weighted by Gasteiger charge is 2.45. The topological polar surface area (TPSA) is 51.3 Å². The summed E-state index contributed by atoms with van der Waals surface area (Å²) in [5.74, 6) is -0.276. The summed E-state index contributed by atoms with van der Waals surface area (Å²) >= 11 is 0. The fourth-order valence-corrected chi connectivity index (χ4v) is 3.01. The van der Waals surface area contributed by atoms with Gasteiger partial charge in [0.1, 0.15) is 0 Å². The average Bonchev–Trinajstić information content (AvgIpc) is 2.86. The van der Waals surface area contributed by atoms with E-state index < -0.39 is 5.60 Å². The molecule has 0 amide bonds. The van der Waals surface area contributed by atoms with E-state index in [0.717, 1.165) is 23.3 Å². The zero-order valence-corrected chi connectivity index (χ0v) is 11.2. The number of nitrogens with one attached hydrogen (secondary N) is 1. The molecule has 0 unspecified atom stereocenters. The molecule has 0 bridgehead atoms. The van der Waals surface area contributed by atoms with Crippen LogP contribution in [0.4, 0.5) is 0 Å². The lowest BCUT2D eigenvalue weighted by molar-refractivity contribution is -0.155. The maximum absolute atomic E-state index is 11.6. The quantitative estimate of drug-likeness (QED) is 0.831. The van der Waals surface area contributed by atoms with Crippen LogP contribution >= 0.6 is 0 Å². The molecule has 0 saturated carbocycles. The second-order valence-electron chi connectivity index (χ2n) is 4.90. The minimum atomic E-state index is -0.717. The Morgan fingerprint density at radius 3 is 3.16 bits per heavy atom. The monoisotopic (exact) mass is 259 g/mol. The number of esters is 1. The molecule has 3 rings (SSSR count). The Bertz CT molecular complexity index is 582. The van der Waals surface area contributed by atoms with Gasteiger partial charge in [-0.2, -0.15) is 0 Å². The van der Waals surface area contributed by atoms with Gasteiger partial charge in [-0.1, -0.05) is 6.92 Å². The van der Waals surface area contributed by atoms with Crippen molar-refractivity contribution in [3.8, 4) is 0 Å². The molecule has 2 heterocycles. The molecule has 0 saturated heterocycles. The molecule has 1 aromatic heterocycles. The van der Waals surface area contributed by atoms with Crippen molar-refractivity contribution in [2.24, 2.45) is 0 Å². The summed E-state index contributed by atoms with van der Waals surface area (Å²) in [6, 6.07) is 1.98. The van der Waals surface area contributed by atoms with Gasteiger partial charge in [-0.15, -0.1) is 0 Å². The largest absolute Gasteiger partial charge is 0.500 e.